The fourth-order valence-electron chi connectivity index (χ4n) is 2.97. The van der Waals surface area contributed by atoms with Crippen LogP contribution in [0.25, 0.3) is 5.69 Å². The molecule has 3 aromatic rings. The van der Waals surface area contributed by atoms with E-state index in [1.807, 2.05) is 19.1 Å². The van der Waals surface area contributed by atoms with Crippen molar-refractivity contribution in [1.82, 2.24) is 15.1 Å². The predicted molar refractivity (Wildman–Crippen MR) is 105 cm³/mol. The predicted octanol–water partition coefficient (Wildman–Crippen LogP) is 2.81. The van der Waals surface area contributed by atoms with E-state index in [1.54, 1.807) is 12.1 Å². The zero-order chi connectivity index (χ0) is 21.0. The molecule has 0 aliphatic heterocycles. The second kappa shape index (κ2) is 8.55. The molecule has 3 N–H and O–H groups in total. The van der Waals surface area contributed by atoms with Crippen molar-refractivity contribution in [3.05, 3.63) is 87.6 Å². The minimum absolute atomic E-state index is 0.0557. The van der Waals surface area contributed by atoms with E-state index in [9.17, 15) is 23.9 Å². The minimum atomic E-state index is -1.07. The average Bonchev–Trinajstić information content (AvgIpc) is 3.09. The standard InChI is InChI=1S/C21H20FN3O4/c1-2-13-6-8-14(9-7-13)17(12-20(27)28)23-21(29)18-11-19(26)25(24-18)16-5-3-4-15(22)10-16/h3-11,17,24H,2,12H2,1H3,(H,23,29)(H,27,28). The molecule has 8 heteroatoms. The van der Waals surface area contributed by atoms with Gasteiger partial charge in [-0.3, -0.25) is 19.5 Å². The van der Waals surface area contributed by atoms with Gasteiger partial charge in [0.1, 0.15) is 11.5 Å². The summed E-state index contributed by atoms with van der Waals surface area (Å²) in [6.45, 7) is 2.01. The van der Waals surface area contributed by atoms with Crippen LogP contribution in [0.3, 0.4) is 0 Å². The van der Waals surface area contributed by atoms with Crippen LogP contribution in [0, 0.1) is 5.82 Å². The van der Waals surface area contributed by atoms with Crippen LogP contribution >= 0.6 is 0 Å². The van der Waals surface area contributed by atoms with E-state index >= 15 is 0 Å². The number of amides is 1. The maximum absolute atomic E-state index is 13.4. The lowest BCUT2D eigenvalue weighted by Crippen LogP contribution is -2.30. The number of aliphatic carboxylic acids is 1. The first-order chi connectivity index (χ1) is 13.9. The van der Waals surface area contributed by atoms with Crippen molar-refractivity contribution in [1.29, 1.82) is 0 Å². The molecule has 1 aromatic heterocycles. The van der Waals surface area contributed by atoms with Crippen LogP contribution in [-0.2, 0) is 11.2 Å². The molecule has 3 rings (SSSR count). The summed E-state index contributed by atoms with van der Waals surface area (Å²) in [6, 6.07) is 13.0. The van der Waals surface area contributed by atoms with Gasteiger partial charge in [-0.25, -0.2) is 9.07 Å². The lowest BCUT2D eigenvalue weighted by atomic mass is 10.0. The highest BCUT2D eigenvalue weighted by molar-refractivity contribution is 5.92. The van der Waals surface area contributed by atoms with E-state index in [2.05, 4.69) is 10.4 Å². The van der Waals surface area contributed by atoms with E-state index in [0.29, 0.717) is 5.56 Å². The van der Waals surface area contributed by atoms with Crippen LogP contribution in [0.4, 0.5) is 4.39 Å². The maximum atomic E-state index is 13.4. The lowest BCUT2D eigenvalue weighted by molar-refractivity contribution is -0.137. The fourth-order valence-corrected chi connectivity index (χ4v) is 2.97. The summed E-state index contributed by atoms with van der Waals surface area (Å²) in [5.41, 5.74) is 1.38. The van der Waals surface area contributed by atoms with Crippen molar-refractivity contribution in [3.63, 3.8) is 0 Å². The minimum Gasteiger partial charge on any atom is -0.481 e. The van der Waals surface area contributed by atoms with Crippen LogP contribution < -0.4 is 10.9 Å². The Morgan fingerprint density at radius 2 is 1.90 bits per heavy atom. The molecule has 0 saturated heterocycles. The average molecular weight is 397 g/mol. The molecule has 0 saturated carbocycles. The summed E-state index contributed by atoms with van der Waals surface area (Å²) in [4.78, 5) is 36.1. The van der Waals surface area contributed by atoms with Gasteiger partial charge in [-0.05, 0) is 35.7 Å². The fraction of sp³-hybridized carbons (Fsp3) is 0.190. The molecule has 1 atom stereocenters. The first kappa shape index (κ1) is 20.1. The van der Waals surface area contributed by atoms with Crippen LogP contribution in [0.2, 0.25) is 0 Å². The molecule has 1 unspecified atom stereocenters. The summed E-state index contributed by atoms with van der Waals surface area (Å²) >= 11 is 0. The zero-order valence-electron chi connectivity index (χ0n) is 15.7. The third-order valence-electron chi connectivity index (χ3n) is 4.51. The van der Waals surface area contributed by atoms with Crippen molar-refractivity contribution >= 4 is 11.9 Å². The molecule has 1 heterocycles. The Morgan fingerprint density at radius 3 is 2.52 bits per heavy atom. The highest BCUT2D eigenvalue weighted by atomic mass is 19.1. The lowest BCUT2D eigenvalue weighted by Gasteiger charge is -2.17. The highest BCUT2D eigenvalue weighted by Crippen LogP contribution is 2.19. The quantitative estimate of drug-likeness (QED) is 0.570. The number of carbonyl (C=O) groups is 2. The molecular weight excluding hydrogens is 377 g/mol. The Hall–Kier alpha value is -3.68. The summed E-state index contributed by atoms with van der Waals surface area (Å²) in [5, 5.41) is 14.5. The molecule has 2 aromatic carbocycles. The van der Waals surface area contributed by atoms with Gasteiger partial charge in [-0.15, -0.1) is 0 Å². The number of aromatic nitrogens is 2. The Balaban J connectivity index is 1.85. The SMILES string of the molecule is CCc1ccc(C(CC(=O)O)NC(=O)c2cc(=O)n(-c3cccc(F)c3)[nH]2)cc1. The van der Waals surface area contributed by atoms with Gasteiger partial charge in [0, 0.05) is 6.07 Å². The number of carboxylic acid groups (broad SMARTS) is 1. The van der Waals surface area contributed by atoms with Crippen molar-refractivity contribution in [2.75, 3.05) is 0 Å². The smallest absolute Gasteiger partial charge is 0.305 e. The Labute approximate surface area is 165 Å². The van der Waals surface area contributed by atoms with E-state index in [0.717, 1.165) is 28.8 Å². The van der Waals surface area contributed by atoms with E-state index in [-0.39, 0.29) is 17.8 Å². The van der Waals surface area contributed by atoms with Gasteiger partial charge in [0.2, 0.25) is 0 Å². The topological polar surface area (TPSA) is 104 Å². The highest BCUT2D eigenvalue weighted by Gasteiger charge is 2.21. The molecule has 150 valence electrons. The van der Waals surface area contributed by atoms with E-state index in [4.69, 9.17) is 0 Å². The van der Waals surface area contributed by atoms with Gasteiger partial charge in [0.05, 0.1) is 18.2 Å². The van der Waals surface area contributed by atoms with Crippen molar-refractivity contribution < 1.29 is 19.1 Å². The van der Waals surface area contributed by atoms with Crippen LogP contribution in [0.1, 0.15) is 41.0 Å². The molecule has 0 spiro atoms. The number of hydrogen-bond donors (Lipinski definition) is 3. The van der Waals surface area contributed by atoms with Crippen LogP contribution in [-0.4, -0.2) is 26.8 Å². The molecule has 0 radical (unpaired) electrons. The molecule has 0 fully saturated rings. The molecule has 1 amide bonds. The molecule has 0 aliphatic rings. The number of halogens is 1. The van der Waals surface area contributed by atoms with E-state index < -0.39 is 29.3 Å². The Morgan fingerprint density at radius 1 is 1.17 bits per heavy atom. The van der Waals surface area contributed by atoms with Crippen molar-refractivity contribution in [3.8, 4) is 5.69 Å². The second-order valence-corrected chi connectivity index (χ2v) is 6.54. The van der Waals surface area contributed by atoms with Crippen molar-refractivity contribution in [2.24, 2.45) is 0 Å². The van der Waals surface area contributed by atoms with Gasteiger partial charge in [0.15, 0.2) is 0 Å². The number of aryl methyl sites for hydroxylation is 1. The summed E-state index contributed by atoms with van der Waals surface area (Å²) < 4.78 is 14.5. The zero-order valence-corrected chi connectivity index (χ0v) is 15.7. The number of carbonyl (C=O) groups excluding carboxylic acids is 1. The third-order valence-corrected chi connectivity index (χ3v) is 4.51. The molecular formula is C21H20FN3O4. The molecule has 7 nitrogen and oxygen atoms in total. The molecule has 29 heavy (non-hydrogen) atoms. The number of benzene rings is 2. The molecule has 0 aliphatic carbocycles. The largest absolute Gasteiger partial charge is 0.481 e. The van der Waals surface area contributed by atoms with Gasteiger partial charge < -0.3 is 10.4 Å². The van der Waals surface area contributed by atoms with Gasteiger partial charge in [-0.2, -0.15) is 0 Å². The number of carboxylic acids is 1. The number of aromatic amines is 1. The first-order valence-corrected chi connectivity index (χ1v) is 9.07. The number of hydrogen-bond acceptors (Lipinski definition) is 3. The van der Waals surface area contributed by atoms with Gasteiger partial charge >= 0.3 is 5.97 Å². The number of rotatable bonds is 7. The summed E-state index contributed by atoms with van der Waals surface area (Å²) in [5.74, 6) is -2.23. The number of nitrogens with zero attached hydrogens (tertiary/aromatic N) is 1. The number of H-pyrrole nitrogens is 1. The Bertz CT molecular complexity index is 1090. The van der Waals surface area contributed by atoms with Crippen LogP contribution in [0.15, 0.2) is 59.4 Å². The van der Waals surface area contributed by atoms with Gasteiger partial charge in [0.25, 0.3) is 11.5 Å². The third kappa shape index (κ3) is 4.78. The van der Waals surface area contributed by atoms with E-state index in [1.165, 1.54) is 18.2 Å². The number of nitrogens with one attached hydrogen (secondary N) is 2. The maximum Gasteiger partial charge on any atom is 0.305 e. The molecule has 0 bridgehead atoms. The first-order valence-electron chi connectivity index (χ1n) is 9.07. The van der Waals surface area contributed by atoms with Gasteiger partial charge in [-0.1, -0.05) is 37.3 Å². The van der Waals surface area contributed by atoms with Crippen molar-refractivity contribution in [2.45, 2.75) is 25.8 Å². The monoisotopic (exact) mass is 397 g/mol. The normalized spacial score (nSPS) is 11.8. The van der Waals surface area contributed by atoms with Crippen LogP contribution in [0.5, 0.6) is 0 Å². The summed E-state index contributed by atoms with van der Waals surface area (Å²) in [7, 11) is 0. The Kier molecular flexibility index (Phi) is 5.92. The summed E-state index contributed by atoms with van der Waals surface area (Å²) in [6.07, 6.45) is 0.525. The second-order valence-electron chi connectivity index (χ2n) is 6.54.